The Morgan fingerprint density at radius 1 is 1.11 bits per heavy atom. The Kier molecular flexibility index (Phi) is 7.49. The molecule has 2 rings (SSSR count). The van der Waals surface area contributed by atoms with Crippen molar-refractivity contribution >= 4 is 6.21 Å². The van der Waals surface area contributed by atoms with Gasteiger partial charge in [-0.2, -0.15) is 0 Å². The average Bonchev–Trinajstić information content (AvgIpc) is 2.88. The fourth-order valence-corrected chi connectivity index (χ4v) is 2.70. The van der Waals surface area contributed by atoms with E-state index < -0.39 is 0 Å². The summed E-state index contributed by atoms with van der Waals surface area (Å²) in [7, 11) is 0. The molecule has 0 bridgehead atoms. The first kappa shape index (κ1) is 15.0. The van der Waals surface area contributed by atoms with Gasteiger partial charge in [-0.15, -0.1) is 11.8 Å². The maximum atomic E-state index is 4.11. The smallest absolute Gasteiger partial charge is 0.0260 e. The molecule has 1 heterocycles. The first-order chi connectivity index (χ1) is 8.45. The summed E-state index contributed by atoms with van der Waals surface area (Å²) in [6.45, 7) is 0. The lowest BCUT2D eigenvalue weighted by Crippen LogP contribution is -2.05. The minimum absolute atomic E-state index is 0. The van der Waals surface area contributed by atoms with Gasteiger partial charge in [0.1, 0.15) is 0 Å². The van der Waals surface area contributed by atoms with Crippen LogP contribution in [0.2, 0.25) is 0 Å². The molecule has 1 saturated carbocycles. The molecule has 1 heteroatoms. The Labute approximate surface area is 113 Å². The normalized spacial score (nSPS) is 18.8. The Bertz CT molecular complexity index is 334. The summed E-state index contributed by atoms with van der Waals surface area (Å²) >= 11 is 0. The Balaban J connectivity index is 0.00000162. The molecule has 0 radical (unpaired) electrons. The number of nitrogens with zero attached hydrogens (tertiary/aromatic N) is 1. The zero-order valence-electron chi connectivity index (χ0n) is 10.8. The second kappa shape index (κ2) is 8.97. The fourth-order valence-electron chi connectivity index (χ4n) is 2.70. The Morgan fingerprint density at radius 2 is 1.89 bits per heavy atom. The van der Waals surface area contributed by atoms with Crippen molar-refractivity contribution in [3.63, 3.8) is 0 Å². The van der Waals surface area contributed by atoms with Gasteiger partial charge in [-0.25, -0.2) is 0 Å². The predicted molar refractivity (Wildman–Crippen MR) is 80.7 cm³/mol. The zero-order valence-corrected chi connectivity index (χ0v) is 10.8. The predicted octanol–water partition coefficient (Wildman–Crippen LogP) is 5.13. The van der Waals surface area contributed by atoms with Gasteiger partial charge in [0, 0.05) is 31.7 Å². The van der Waals surface area contributed by atoms with Crippen LogP contribution in [-0.2, 0) is 0 Å². The van der Waals surface area contributed by atoms with Crippen LogP contribution < -0.4 is 0 Å². The van der Waals surface area contributed by atoms with Gasteiger partial charge in [0.05, 0.1) is 0 Å². The minimum Gasteiger partial charge on any atom is -0.269 e. The van der Waals surface area contributed by atoms with Crippen molar-refractivity contribution < 1.29 is 0 Å². The van der Waals surface area contributed by atoms with Crippen molar-refractivity contribution in [2.75, 3.05) is 0 Å². The van der Waals surface area contributed by atoms with Gasteiger partial charge in [0.15, 0.2) is 0 Å². The van der Waals surface area contributed by atoms with Crippen molar-refractivity contribution in [1.82, 2.24) is 0 Å². The number of hydrogen-bond donors (Lipinski definition) is 0. The van der Waals surface area contributed by atoms with Gasteiger partial charge >= 0.3 is 0 Å². The van der Waals surface area contributed by atoms with Crippen LogP contribution in [0.3, 0.4) is 0 Å². The van der Waals surface area contributed by atoms with E-state index in [2.05, 4.69) is 16.8 Å². The largest absolute Gasteiger partial charge is 0.269 e. The van der Waals surface area contributed by atoms with E-state index >= 15 is 0 Å². The lowest BCUT2D eigenvalue weighted by Gasteiger charge is -2.20. The highest BCUT2D eigenvalue weighted by Crippen LogP contribution is 2.26. The molecule has 0 spiro atoms. The van der Waals surface area contributed by atoms with Gasteiger partial charge in [0.2, 0.25) is 0 Å². The minimum atomic E-state index is 0. The van der Waals surface area contributed by atoms with Crippen LogP contribution in [0.25, 0.3) is 0 Å². The van der Waals surface area contributed by atoms with Crippen LogP contribution in [0, 0.1) is 17.8 Å². The van der Waals surface area contributed by atoms with E-state index in [1.165, 1.54) is 44.1 Å². The monoisotopic (exact) mass is 245 g/mol. The lowest BCUT2D eigenvalue weighted by atomic mass is 9.86. The molecular weight excluding hydrogens is 218 g/mol. The van der Waals surface area contributed by atoms with Crippen molar-refractivity contribution in [3.8, 4) is 11.8 Å². The van der Waals surface area contributed by atoms with E-state index in [1.807, 2.05) is 12.4 Å². The third-order valence-electron chi connectivity index (χ3n) is 3.81. The highest BCUT2D eigenvalue weighted by atomic mass is 14.7. The first-order valence-electron chi connectivity index (χ1n) is 7.10. The van der Waals surface area contributed by atoms with Gasteiger partial charge in [-0.1, -0.05) is 39.5 Å². The topological polar surface area (TPSA) is 12.4 Å². The van der Waals surface area contributed by atoms with Crippen LogP contribution in [0.1, 0.15) is 71.6 Å². The molecule has 1 aliphatic carbocycles. The van der Waals surface area contributed by atoms with Gasteiger partial charge in [0.25, 0.3) is 0 Å². The molecule has 0 atom stereocenters. The van der Waals surface area contributed by atoms with E-state index in [9.17, 15) is 0 Å². The maximum Gasteiger partial charge on any atom is 0.0260 e. The highest BCUT2D eigenvalue weighted by Gasteiger charge is 2.11. The molecule has 100 valence electrons. The fraction of sp³-hybridized carbons (Fsp3) is 0.706. The summed E-state index contributed by atoms with van der Waals surface area (Å²) in [4.78, 5) is 4.11. The van der Waals surface area contributed by atoms with Crippen LogP contribution >= 0.6 is 0 Å². The van der Waals surface area contributed by atoms with Crippen LogP contribution in [0.15, 0.2) is 16.8 Å². The molecule has 1 nitrogen and oxygen atoms in total. The van der Waals surface area contributed by atoms with E-state index in [1.54, 1.807) is 0 Å². The first-order valence-corrected chi connectivity index (χ1v) is 7.10. The molecule has 0 saturated heterocycles. The van der Waals surface area contributed by atoms with Crippen LogP contribution in [0.5, 0.6) is 0 Å². The van der Waals surface area contributed by atoms with E-state index in [0.717, 1.165) is 31.6 Å². The number of rotatable bonds is 4. The standard InChI is InChI=1S/C16H23N.CH4/c1(2-5-11-16-12-13-17-14-16)4-8-15-9-6-3-7-10-15;/h13-15H,3-12H2;1H4. The van der Waals surface area contributed by atoms with Gasteiger partial charge in [-0.3, -0.25) is 4.99 Å². The van der Waals surface area contributed by atoms with Crippen molar-refractivity contribution in [2.24, 2.45) is 10.9 Å². The molecule has 18 heavy (non-hydrogen) atoms. The van der Waals surface area contributed by atoms with Crippen LogP contribution in [-0.4, -0.2) is 6.21 Å². The lowest BCUT2D eigenvalue weighted by molar-refractivity contribution is 0.342. The molecule has 0 N–H and O–H groups in total. The van der Waals surface area contributed by atoms with Crippen molar-refractivity contribution in [1.29, 1.82) is 0 Å². The molecule has 0 aromatic rings. The molecule has 1 aliphatic heterocycles. The zero-order chi connectivity index (χ0) is 11.8. The highest BCUT2D eigenvalue weighted by molar-refractivity contribution is 5.65. The SMILES string of the molecule is C.C(#CCCC1CCCCC1)CCC1=CN=CC1. The maximum absolute atomic E-state index is 4.11. The van der Waals surface area contributed by atoms with E-state index in [-0.39, 0.29) is 7.43 Å². The van der Waals surface area contributed by atoms with E-state index in [0.29, 0.717) is 0 Å². The average molecular weight is 245 g/mol. The third-order valence-corrected chi connectivity index (χ3v) is 3.81. The summed E-state index contributed by atoms with van der Waals surface area (Å²) in [5.41, 5.74) is 1.44. The molecule has 1 fully saturated rings. The summed E-state index contributed by atoms with van der Waals surface area (Å²) in [5, 5.41) is 0. The number of allylic oxidation sites excluding steroid dienone is 1. The van der Waals surface area contributed by atoms with Gasteiger partial charge < -0.3 is 0 Å². The second-order valence-corrected chi connectivity index (χ2v) is 5.22. The molecule has 0 aromatic heterocycles. The summed E-state index contributed by atoms with van der Waals surface area (Å²) in [5.74, 6) is 7.62. The van der Waals surface area contributed by atoms with E-state index in [4.69, 9.17) is 0 Å². The van der Waals surface area contributed by atoms with Crippen molar-refractivity contribution in [3.05, 3.63) is 11.8 Å². The summed E-state index contributed by atoms with van der Waals surface area (Å²) in [6, 6.07) is 0. The molecule has 0 aromatic carbocycles. The summed E-state index contributed by atoms with van der Waals surface area (Å²) in [6.07, 6.45) is 16.8. The van der Waals surface area contributed by atoms with Gasteiger partial charge in [-0.05, 0) is 24.3 Å². The Hall–Kier alpha value is -1.03. The van der Waals surface area contributed by atoms with Crippen LogP contribution in [0.4, 0.5) is 0 Å². The third kappa shape index (κ3) is 5.54. The summed E-state index contributed by atoms with van der Waals surface area (Å²) < 4.78 is 0. The van der Waals surface area contributed by atoms with Crippen molar-refractivity contribution in [2.45, 2.75) is 71.6 Å². The second-order valence-electron chi connectivity index (χ2n) is 5.22. The number of aliphatic imine (C=N–C) groups is 1. The quantitative estimate of drug-likeness (QED) is 0.609. The molecule has 2 aliphatic rings. The molecule has 0 unspecified atom stereocenters. The Morgan fingerprint density at radius 3 is 2.61 bits per heavy atom. The number of hydrogen-bond acceptors (Lipinski definition) is 1. The molecular formula is C17H27N. The molecule has 0 amide bonds.